The maximum atomic E-state index is 11.9. The van der Waals surface area contributed by atoms with E-state index >= 15 is 0 Å². The summed E-state index contributed by atoms with van der Waals surface area (Å²) in [6, 6.07) is 5.32. The van der Waals surface area contributed by atoms with Gasteiger partial charge in [0, 0.05) is 14.1 Å². The minimum Gasteiger partial charge on any atom is -0.292 e. The molecule has 1 aromatic carbocycles. The summed E-state index contributed by atoms with van der Waals surface area (Å²) < 4.78 is 60.6. The first-order valence-electron chi connectivity index (χ1n) is 6.00. The molecule has 0 aliphatic heterocycles. The zero-order valence-electron chi connectivity index (χ0n) is 11.8. The Kier molecular flexibility index (Phi) is 5.74. The Bertz CT molecular complexity index is 556. The molecule has 1 rings (SSSR count). The Balaban J connectivity index is 2.70. The standard InChI is InChI=1S/C12H17F3N2O3S/c1-9(16-20-8-12(13,14)15)10-4-6-11(7-5-10)21(18,19)17(2)3/h4-7,9,16H,8H2,1-3H3. The molecule has 1 aromatic rings. The molecule has 0 bridgehead atoms. The lowest BCUT2D eigenvalue weighted by molar-refractivity contribution is -0.192. The Labute approximate surface area is 121 Å². The fourth-order valence-corrected chi connectivity index (χ4v) is 2.36. The van der Waals surface area contributed by atoms with E-state index in [0.717, 1.165) is 4.31 Å². The van der Waals surface area contributed by atoms with Gasteiger partial charge in [-0.2, -0.15) is 18.7 Å². The molecule has 120 valence electrons. The van der Waals surface area contributed by atoms with E-state index in [1.807, 2.05) is 0 Å². The van der Waals surface area contributed by atoms with Gasteiger partial charge in [-0.1, -0.05) is 12.1 Å². The van der Waals surface area contributed by atoms with Gasteiger partial charge in [0.05, 0.1) is 10.9 Å². The summed E-state index contributed by atoms with van der Waals surface area (Å²) in [6.45, 7) is 0.205. The monoisotopic (exact) mass is 326 g/mol. The molecule has 0 fully saturated rings. The third kappa shape index (κ3) is 5.27. The number of hydroxylamine groups is 1. The summed E-state index contributed by atoms with van der Waals surface area (Å²) in [7, 11) is -0.693. The third-order valence-electron chi connectivity index (χ3n) is 2.65. The number of halogens is 3. The molecule has 0 aliphatic carbocycles. The van der Waals surface area contributed by atoms with Crippen LogP contribution in [0.4, 0.5) is 13.2 Å². The second-order valence-electron chi connectivity index (χ2n) is 4.60. The minimum absolute atomic E-state index is 0.111. The van der Waals surface area contributed by atoms with Crippen LogP contribution >= 0.6 is 0 Å². The number of hydrogen-bond donors (Lipinski definition) is 1. The average molecular weight is 326 g/mol. The Morgan fingerprint density at radius 2 is 1.76 bits per heavy atom. The first kappa shape index (κ1) is 17.9. The second kappa shape index (κ2) is 6.73. The molecule has 0 amide bonds. The molecule has 1 atom stereocenters. The maximum absolute atomic E-state index is 11.9. The first-order valence-corrected chi connectivity index (χ1v) is 7.44. The zero-order chi connectivity index (χ0) is 16.3. The maximum Gasteiger partial charge on any atom is 0.413 e. The fourth-order valence-electron chi connectivity index (χ4n) is 1.46. The molecule has 5 nitrogen and oxygen atoms in total. The molecule has 0 aliphatic rings. The van der Waals surface area contributed by atoms with Crippen molar-refractivity contribution in [2.24, 2.45) is 0 Å². The van der Waals surface area contributed by atoms with Gasteiger partial charge in [0.15, 0.2) is 6.61 Å². The van der Waals surface area contributed by atoms with E-state index in [0.29, 0.717) is 5.56 Å². The third-order valence-corrected chi connectivity index (χ3v) is 4.48. The van der Waals surface area contributed by atoms with E-state index in [2.05, 4.69) is 10.3 Å². The summed E-state index contributed by atoms with van der Waals surface area (Å²) in [6.07, 6.45) is -4.41. The van der Waals surface area contributed by atoms with Gasteiger partial charge >= 0.3 is 6.18 Å². The Morgan fingerprint density at radius 1 is 1.24 bits per heavy atom. The summed E-state index contributed by atoms with van der Waals surface area (Å²) >= 11 is 0. The topological polar surface area (TPSA) is 58.6 Å². The highest BCUT2D eigenvalue weighted by molar-refractivity contribution is 7.89. The molecule has 21 heavy (non-hydrogen) atoms. The van der Waals surface area contributed by atoms with E-state index in [-0.39, 0.29) is 4.90 Å². The van der Waals surface area contributed by atoms with Crippen LogP contribution in [0.5, 0.6) is 0 Å². The Hall–Kier alpha value is -1.16. The number of hydrogen-bond acceptors (Lipinski definition) is 4. The van der Waals surface area contributed by atoms with Gasteiger partial charge in [-0.25, -0.2) is 12.7 Å². The number of rotatable bonds is 6. The number of nitrogens with one attached hydrogen (secondary N) is 1. The van der Waals surface area contributed by atoms with Gasteiger partial charge in [-0.05, 0) is 24.6 Å². The van der Waals surface area contributed by atoms with Crippen molar-refractivity contribution < 1.29 is 26.4 Å². The molecule has 1 unspecified atom stereocenters. The van der Waals surface area contributed by atoms with Gasteiger partial charge in [-0.3, -0.25) is 4.84 Å². The minimum atomic E-state index is -4.41. The summed E-state index contributed by atoms with van der Waals surface area (Å²) in [4.78, 5) is 4.46. The van der Waals surface area contributed by atoms with Crippen molar-refractivity contribution in [3.63, 3.8) is 0 Å². The second-order valence-corrected chi connectivity index (χ2v) is 6.75. The van der Waals surface area contributed by atoms with Crippen LogP contribution < -0.4 is 5.48 Å². The van der Waals surface area contributed by atoms with Crippen molar-refractivity contribution in [2.75, 3.05) is 20.7 Å². The van der Waals surface area contributed by atoms with E-state index in [9.17, 15) is 21.6 Å². The summed E-state index contributed by atoms with van der Waals surface area (Å²) in [5.74, 6) is 0. The highest BCUT2D eigenvalue weighted by Crippen LogP contribution is 2.19. The van der Waals surface area contributed by atoms with Gasteiger partial charge in [0.25, 0.3) is 0 Å². The summed E-state index contributed by atoms with van der Waals surface area (Å²) in [5.41, 5.74) is 2.86. The van der Waals surface area contributed by atoms with Crippen molar-refractivity contribution >= 4 is 10.0 Å². The molecule has 0 heterocycles. The van der Waals surface area contributed by atoms with Crippen molar-refractivity contribution in [2.45, 2.75) is 24.0 Å². The van der Waals surface area contributed by atoms with E-state index in [1.165, 1.54) is 38.4 Å². The zero-order valence-corrected chi connectivity index (χ0v) is 12.6. The van der Waals surface area contributed by atoms with Crippen LogP contribution in [-0.4, -0.2) is 39.6 Å². The van der Waals surface area contributed by atoms with Crippen molar-refractivity contribution in [1.29, 1.82) is 0 Å². The molecular weight excluding hydrogens is 309 g/mol. The number of alkyl halides is 3. The largest absolute Gasteiger partial charge is 0.413 e. The Morgan fingerprint density at radius 3 is 2.19 bits per heavy atom. The lowest BCUT2D eigenvalue weighted by Gasteiger charge is -2.16. The van der Waals surface area contributed by atoms with Gasteiger partial charge in [-0.15, -0.1) is 0 Å². The summed E-state index contributed by atoms with van der Waals surface area (Å²) in [5, 5.41) is 0. The smallest absolute Gasteiger partial charge is 0.292 e. The quantitative estimate of drug-likeness (QED) is 0.813. The molecule has 1 N–H and O–H groups in total. The van der Waals surface area contributed by atoms with Crippen LogP contribution in [0, 0.1) is 0 Å². The SMILES string of the molecule is CC(NOCC(F)(F)F)c1ccc(S(=O)(=O)N(C)C)cc1. The van der Waals surface area contributed by atoms with E-state index < -0.39 is 28.8 Å². The van der Waals surface area contributed by atoms with Gasteiger partial charge in [0.1, 0.15) is 0 Å². The van der Waals surface area contributed by atoms with Gasteiger partial charge < -0.3 is 0 Å². The fraction of sp³-hybridized carbons (Fsp3) is 0.500. The normalized spacial score (nSPS) is 14.4. The van der Waals surface area contributed by atoms with E-state index in [4.69, 9.17) is 0 Å². The van der Waals surface area contributed by atoms with Crippen LogP contribution in [0.15, 0.2) is 29.2 Å². The predicted molar refractivity (Wildman–Crippen MR) is 70.9 cm³/mol. The molecule has 9 heteroatoms. The molecule has 0 saturated heterocycles. The van der Waals surface area contributed by atoms with E-state index in [1.54, 1.807) is 6.92 Å². The number of sulfonamides is 1. The number of benzene rings is 1. The van der Waals surface area contributed by atoms with Crippen LogP contribution in [0.1, 0.15) is 18.5 Å². The molecule has 0 radical (unpaired) electrons. The number of nitrogens with zero attached hydrogens (tertiary/aromatic N) is 1. The van der Waals surface area contributed by atoms with Gasteiger partial charge in [0.2, 0.25) is 10.0 Å². The highest BCUT2D eigenvalue weighted by atomic mass is 32.2. The average Bonchev–Trinajstić information content (AvgIpc) is 2.37. The molecular formula is C12H17F3N2O3S. The highest BCUT2D eigenvalue weighted by Gasteiger charge is 2.28. The van der Waals surface area contributed by atoms with Crippen LogP contribution in [0.2, 0.25) is 0 Å². The lowest BCUT2D eigenvalue weighted by Crippen LogP contribution is -2.27. The van der Waals surface area contributed by atoms with Crippen molar-refractivity contribution in [1.82, 2.24) is 9.79 Å². The van der Waals surface area contributed by atoms with Crippen LogP contribution in [0.25, 0.3) is 0 Å². The predicted octanol–water partition coefficient (Wildman–Crippen LogP) is 2.08. The van der Waals surface area contributed by atoms with Crippen molar-refractivity contribution in [3.05, 3.63) is 29.8 Å². The van der Waals surface area contributed by atoms with Crippen LogP contribution in [-0.2, 0) is 14.9 Å². The molecule has 0 aromatic heterocycles. The lowest BCUT2D eigenvalue weighted by atomic mass is 10.1. The first-order chi connectivity index (χ1) is 9.54. The van der Waals surface area contributed by atoms with Crippen LogP contribution in [0.3, 0.4) is 0 Å². The van der Waals surface area contributed by atoms with Crippen molar-refractivity contribution in [3.8, 4) is 0 Å². The molecule has 0 spiro atoms. The molecule has 0 saturated carbocycles.